The first-order valence-electron chi connectivity index (χ1n) is 13.1. The van der Waals surface area contributed by atoms with Crippen molar-refractivity contribution in [2.75, 3.05) is 7.11 Å². The van der Waals surface area contributed by atoms with Crippen molar-refractivity contribution in [3.63, 3.8) is 0 Å². The largest absolute Gasteiger partial charge is 0.393 e. The lowest BCUT2D eigenvalue weighted by molar-refractivity contribution is -0.0607. The summed E-state index contributed by atoms with van der Waals surface area (Å²) in [5.74, 6) is 4.68. The maximum absolute atomic E-state index is 10.3. The van der Waals surface area contributed by atoms with E-state index in [1.165, 1.54) is 57.8 Å². The van der Waals surface area contributed by atoms with E-state index in [9.17, 15) is 5.11 Å². The van der Waals surface area contributed by atoms with E-state index in [2.05, 4.69) is 40.7 Å². The minimum Gasteiger partial charge on any atom is -0.393 e. The van der Waals surface area contributed by atoms with Crippen LogP contribution in [0.15, 0.2) is 11.6 Å². The summed E-state index contributed by atoms with van der Waals surface area (Å²) in [6.07, 6.45) is 15.9. The summed E-state index contributed by atoms with van der Waals surface area (Å²) in [5, 5.41) is 10.3. The van der Waals surface area contributed by atoms with Crippen molar-refractivity contribution in [3.8, 4) is 0 Å². The lowest BCUT2D eigenvalue weighted by Crippen LogP contribution is -2.51. The first-order valence-corrected chi connectivity index (χ1v) is 13.1. The van der Waals surface area contributed by atoms with Gasteiger partial charge in [0, 0.05) is 7.11 Å². The molecule has 0 heterocycles. The second-order valence-electron chi connectivity index (χ2n) is 12.5. The average Bonchev–Trinajstić information content (AvgIpc) is 3.08. The summed E-state index contributed by atoms with van der Waals surface area (Å²) in [6, 6.07) is 0. The normalized spacial score (nSPS) is 45.3. The molecule has 3 saturated carbocycles. The molecule has 9 atom stereocenters. The third-order valence-corrected chi connectivity index (χ3v) is 10.8. The van der Waals surface area contributed by atoms with Gasteiger partial charge in [0.15, 0.2) is 0 Å². The van der Waals surface area contributed by atoms with Crippen LogP contribution in [0, 0.1) is 46.3 Å². The molecule has 2 nitrogen and oxygen atoms in total. The van der Waals surface area contributed by atoms with E-state index in [1.807, 2.05) is 7.11 Å². The average molecular weight is 417 g/mol. The molecule has 30 heavy (non-hydrogen) atoms. The number of rotatable bonds is 6. The van der Waals surface area contributed by atoms with Crippen molar-refractivity contribution in [1.82, 2.24) is 0 Å². The molecule has 0 aromatic rings. The Bertz CT molecular complexity index is 639. The lowest BCUT2D eigenvalue weighted by Gasteiger charge is -2.58. The standard InChI is InChI=1S/C28H48O2/c1-18(2)26(29)12-7-19(3)23-10-11-24-22-9-8-20-17-21(30-6)13-15-27(20,4)25(22)14-16-28(23,24)5/h8,18-19,21-26,29H,7,9-17H2,1-6H3/t19-,21?,22+,23-,24+,25+,26?,27+,28-/m1/s1. The number of fused-ring (bicyclic) bond motifs is 5. The Kier molecular flexibility index (Phi) is 6.50. The van der Waals surface area contributed by atoms with Gasteiger partial charge in [0.1, 0.15) is 0 Å². The third kappa shape index (κ3) is 3.72. The topological polar surface area (TPSA) is 29.5 Å². The second kappa shape index (κ2) is 8.54. The number of methoxy groups -OCH3 is 1. The van der Waals surface area contributed by atoms with Gasteiger partial charge < -0.3 is 9.84 Å². The quantitative estimate of drug-likeness (QED) is 0.472. The monoisotopic (exact) mass is 416 g/mol. The van der Waals surface area contributed by atoms with Crippen molar-refractivity contribution in [2.45, 2.75) is 111 Å². The highest BCUT2D eigenvalue weighted by atomic mass is 16.5. The van der Waals surface area contributed by atoms with Crippen LogP contribution in [0.25, 0.3) is 0 Å². The predicted octanol–water partition coefficient (Wildman–Crippen LogP) is 7.01. The second-order valence-corrected chi connectivity index (χ2v) is 12.5. The zero-order chi connectivity index (χ0) is 21.7. The fourth-order valence-electron chi connectivity index (χ4n) is 8.77. The first kappa shape index (κ1) is 22.8. The van der Waals surface area contributed by atoms with Crippen LogP contribution >= 0.6 is 0 Å². The smallest absolute Gasteiger partial charge is 0.0608 e. The molecule has 0 saturated heterocycles. The highest BCUT2D eigenvalue weighted by Crippen LogP contribution is 2.67. The van der Waals surface area contributed by atoms with Gasteiger partial charge in [-0.2, -0.15) is 0 Å². The zero-order valence-electron chi connectivity index (χ0n) is 20.6. The van der Waals surface area contributed by atoms with E-state index in [1.54, 1.807) is 5.57 Å². The number of aliphatic hydroxyl groups excluding tert-OH is 1. The number of allylic oxidation sites excluding steroid dienone is 1. The van der Waals surface area contributed by atoms with Gasteiger partial charge in [-0.15, -0.1) is 0 Å². The number of hydrogen-bond acceptors (Lipinski definition) is 2. The van der Waals surface area contributed by atoms with E-state index < -0.39 is 0 Å². The maximum atomic E-state index is 10.3. The molecule has 3 fully saturated rings. The van der Waals surface area contributed by atoms with E-state index >= 15 is 0 Å². The molecule has 4 aliphatic carbocycles. The molecule has 4 aliphatic rings. The Balaban J connectivity index is 1.48. The van der Waals surface area contributed by atoms with Crippen molar-refractivity contribution in [1.29, 1.82) is 0 Å². The Morgan fingerprint density at radius 3 is 2.50 bits per heavy atom. The first-order chi connectivity index (χ1) is 14.2. The Labute approximate surface area is 186 Å². The van der Waals surface area contributed by atoms with Crippen LogP contribution in [-0.2, 0) is 4.74 Å². The molecule has 0 aliphatic heterocycles. The number of ether oxygens (including phenoxy) is 1. The molecule has 0 aromatic heterocycles. The van der Waals surface area contributed by atoms with Gasteiger partial charge in [-0.25, -0.2) is 0 Å². The Morgan fingerprint density at radius 2 is 1.80 bits per heavy atom. The fraction of sp³-hybridized carbons (Fsp3) is 0.929. The molecule has 0 aromatic carbocycles. The van der Waals surface area contributed by atoms with Gasteiger partial charge in [-0.3, -0.25) is 0 Å². The predicted molar refractivity (Wildman–Crippen MR) is 125 cm³/mol. The van der Waals surface area contributed by atoms with Crippen LogP contribution in [0.1, 0.15) is 98.8 Å². The fourth-order valence-corrected chi connectivity index (χ4v) is 8.77. The van der Waals surface area contributed by atoms with Crippen molar-refractivity contribution in [3.05, 3.63) is 11.6 Å². The molecule has 0 bridgehead atoms. The summed E-state index contributed by atoms with van der Waals surface area (Å²) >= 11 is 0. The molecule has 4 rings (SSSR count). The molecule has 2 heteroatoms. The van der Waals surface area contributed by atoms with Crippen molar-refractivity contribution >= 4 is 0 Å². The minimum atomic E-state index is -0.128. The summed E-state index contributed by atoms with van der Waals surface area (Å²) in [4.78, 5) is 0. The number of aliphatic hydroxyl groups is 1. The summed E-state index contributed by atoms with van der Waals surface area (Å²) in [7, 11) is 1.89. The molecule has 0 amide bonds. The van der Waals surface area contributed by atoms with Gasteiger partial charge in [-0.1, -0.05) is 46.3 Å². The molecule has 0 spiro atoms. The van der Waals surface area contributed by atoms with Gasteiger partial charge in [0.25, 0.3) is 0 Å². The Hall–Kier alpha value is -0.340. The highest BCUT2D eigenvalue weighted by molar-refractivity contribution is 5.25. The van der Waals surface area contributed by atoms with Crippen LogP contribution in [-0.4, -0.2) is 24.4 Å². The van der Waals surface area contributed by atoms with Crippen LogP contribution in [0.3, 0.4) is 0 Å². The van der Waals surface area contributed by atoms with E-state index in [0.717, 1.165) is 36.0 Å². The summed E-state index contributed by atoms with van der Waals surface area (Å²) < 4.78 is 5.74. The van der Waals surface area contributed by atoms with Gasteiger partial charge in [0.05, 0.1) is 12.2 Å². The number of hydrogen-bond donors (Lipinski definition) is 1. The molecular weight excluding hydrogens is 368 g/mol. The van der Waals surface area contributed by atoms with E-state index in [0.29, 0.717) is 22.9 Å². The lowest BCUT2D eigenvalue weighted by atomic mass is 9.47. The van der Waals surface area contributed by atoms with Crippen LogP contribution in [0.2, 0.25) is 0 Å². The van der Waals surface area contributed by atoms with Crippen molar-refractivity contribution in [2.24, 2.45) is 46.3 Å². The van der Waals surface area contributed by atoms with Crippen LogP contribution in [0.4, 0.5) is 0 Å². The third-order valence-electron chi connectivity index (χ3n) is 10.8. The maximum Gasteiger partial charge on any atom is 0.0608 e. The molecule has 2 unspecified atom stereocenters. The van der Waals surface area contributed by atoms with E-state index in [4.69, 9.17) is 4.74 Å². The summed E-state index contributed by atoms with van der Waals surface area (Å²) in [5.41, 5.74) is 2.69. The Morgan fingerprint density at radius 1 is 1.03 bits per heavy atom. The van der Waals surface area contributed by atoms with Crippen LogP contribution in [0.5, 0.6) is 0 Å². The van der Waals surface area contributed by atoms with Gasteiger partial charge in [0.2, 0.25) is 0 Å². The van der Waals surface area contributed by atoms with Crippen molar-refractivity contribution < 1.29 is 9.84 Å². The summed E-state index contributed by atoms with van der Waals surface area (Å²) in [6.45, 7) is 12.0. The van der Waals surface area contributed by atoms with Gasteiger partial charge >= 0.3 is 0 Å². The molecular formula is C28H48O2. The highest BCUT2D eigenvalue weighted by Gasteiger charge is 2.59. The van der Waals surface area contributed by atoms with E-state index in [-0.39, 0.29) is 6.10 Å². The van der Waals surface area contributed by atoms with Gasteiger partial charge in [-0.05, 0) is 111 Å². The zero-order valence-corrected chi connectivity index (χ0v) is 20.6. The molecule has 0 radical (unpaired) electrons. The molecule has 172 valence electrons. The minimum absolute atomic E-state index is 0.128. The SMILES string of the molecule is COC1CC[C@@]2(C)C(=CC[C@H]3[C@@H]4CC[C@H]([C@H](C)CCC(O)C(C)C)[C@@]4(C)CC[C@@H]32)C1. The van der Waals surface area contributed by atoms with Crippen LogP contribution < -0.4 is 0 Å². The molecule has 1 N–H and O–H groups in total.